The summed E-state index contributed by atoms with van der Waals surface area (Å²) >= 11 is 1.36. The Morgan fingerprint density at radius 1 is 1.03 bits per heavy atom. The number of hydrogen-bond donors (Lipinski definition) is 1. The molecule has 2 aromatic rings. The Bertz CT molecular complexity index is 857. The molecule has 0 atom stereocenters. The number of rotatable bonds is 7. The van der Waals surface area contributed by atoms with Crippen LogP contribution in [-0.4, -0.2) is 61.5 Å². The monoisotopic (exact) mass is 427 g/mol. The molecule has 2 aromatic carbocycles. The Labute approximate surface area is 182 Å². The fourth-order valence-electron chi connectivity index (χ4n) is 3.46. The van der Waals surface area contributed by atoms with E-state index in [1.807, 2.05) is 48.2 Å². The van der Waals surface area contributed by atoms with Gasteiger partial charge in [-0.25, -0.2) is 0 Å². The Morgan fingerprint density at radius 2 is 1.83 bits per heavy atom. The van der Waals surface area contributed by atoms with Crippen LogP contribution in [0.1, 0.15) is 12.0 Å². The zero-order valence-electron chi connectivity index (χ0n) is 17.6. The van der Waals surface area contributed by atoms with E-state index < -0.39 is 0 Å². The van der Waals surface area contributed by atoms with Gasteiger partial charge < -0.3 is 19.9 Å². The summed E-state index contributed by atoms with van der Waals surface area (Å²) in [6, 6.07) is 15.7. The quantitative estimate of drug-likeness (QED) is 0.734. The third-order valence-corrected chi connectivity index (χ3v) is 5.96. The maximum atomic E-state index is 12.6. The largest absolute Gasteiger partial charge is 0.497 e. The van der Waals surface area contributed by atoms with Gasteiger partial charge in [0.1, 0.15) is 5.75 Å². The van der Waals surface area contributed by atoms with Crippen molar-refractivity contribution >= 4 is 35.0 Å². The number of carbonyl (C=O) groups is 2. The van der Waals surface area contributed by atoms with Crippen LogP contribution in [0.25, 0.3) is 0 Å². The van der Waals surface area contributed by atoms with Crippen molar-refractivity contribution in [3.8, 4) is 5.75 Å². The molecule has 0 saturated carbocycles. The molecule has 1 saturated heterocycles. The van der Waals surface area contributed by atoms with Crippen molar-refractivity contribution in [3.05, 3.63) is 54.1 Å². The summed E-state index contributed by atoms with van der Waals surface area (Å²) in [7, 11) is 1.66. The molecule has 1 N–H and O–H groups in total. The fraction of sp³-hybridized carbons (Fsp3) is 0.391. The van der Waals surface area contributed by atoms with Gasteiger partial charge in [-0.15, -0.1) is 11.8 Å². The maximum Gasteiger partial charge on any atom is 0.234 e. The third-order valence-electron chi connectivity index (χ3n) is 5.05. The highest BCUT2D eigenvalue weighted by Crippen LogP contribution is 2.21. The van der Waals surface area contributed by atoms with Crippen molar-refractivity contribution in [2.45, 2.75) is 13.3 Å². The number of ether oxygens (including phenoxy) is 1. The first-order valence-corrected chi connectivity index (χ1v) is 11.3. The molecule has 0 aliphatic carbocycles. The predicted octanol–water partition coefficient (Wildman–Crippen LogP) is 3.41. The van der Waals surface area contributed by atoms with Gasteiger partial charge in [0.05, 0.1) is 18.6 Å². The summed E-state index contributed by atoms with van der Waals surface area (Å²) in [6.45, 7) is 5.15. The molecule has 7 heteroatoms. The first-order chi connectivity index (χ1) is 14.5. The van der Waals surface area contributed by atoms with Crippen LogP contribution in [0.3, 0.4) is 0 Å². The SMILES string of the molecule is COc1ccc(N2CCCN(C(=O)CSCC(=O)Nc3cccc(C)c3)CC2)cc1. The number of carbonyl (C=O) groups excluding carboxylic acids is 2. The van der Waals surface area contributed by atoms with Crippen LogP contribution in [-0.2, 0) is 9.59 Å². The van der Waals surface area contributed by atoms with E-state index in [0.717, 1.165) is 48.7 Å². The van der Waals surface area contributed by atoms with Crippen LogP contribution in [0.2, 0.25) is 0 Å². The van der Waals surface area contributed by atoms with Gasteiger partial charge in [-0.1, -0.05) is 12.1 Å². The van der Waals surface area contributed by atoms with Crippen molar-refractivity contribution < 1.29 is 14.3 Å². The minimum atomic E-state index is -0.0834. The van der Waals surface area contributed by atoms with Crippen molar-refractivity contribution in [2.24, 2.45) is 0 Å². The smallest absolute Gasteiger partial charge is 0.234 e. The molecule has 1 fully saturated rings. The van der Waals surface area contributed by atoms with E-state index in [2.05, 4.69) is 22.3 Å². The second kappa shape index (κ2) is 10.9. The molecule has 0 bridgehead atoms. The molecule has 2 amide bonds. The fourth-order valence-corrected chi connectivity index (χ4v) is 4.18. The lowest BCUT2D eigenvalue weighted by Gasteiger charge is -2.24. The zero-order chi connectivity index (χ0) is 21.3. The normalized spacial score (nSPS) is 14.2. The van der Waals surface area contributed by atoms with Gasteiger partial charge in [-0.3, -0.25) is 9.59 Å². The summed E-state index contributed by atoms with van der Waals surface area (Å²) < 4.78 is 5.22. The molecule has 0 unspecified atom stereocenters. The zero-order valence-corrected chi connectivity index (χ0v) is 18.4. The van der Waals surface area contributed by atoms with Crippen molar-refractivity contribution in [1.82, 2.24) is 4.90 Å². The van der Waals surface area contributed by atoms with Crippen LogP contribution in [0.5, 0.6) is 5.75 Å². The molecule has 1 heterocycles. The number of anilines is 2. The number of aryl methyl sites for hydroxylation is 1. The Balaban J connectivity index is 1.41. The van der Waals surface area contributed by atoms with Crippen molar-refractivity contribution in [3.63, 3.8) is 0 Å². The number of thioether (sulfide) groups is 1. The maximum absolute atomic E-state index is 12.6. The summed E-state index contributed by atoms with van der Waals surface area (Å²) in [6.07, 6.45) is 0.927. The molecule has 0 aromatic heterocycles. The van der Waals surface area contributed by atoms with Gasteiger partial charge in [0.2, 0.25) is 11.8 Å². The summed E-state index contributed by atoms with van der Waals surface area (Å²) in [5, 5.41) is 2.88. The molecular weight excluding hydrogens is 398 g/mol. The molecule has 3 rings (SSSR count). The Morgan fingerprint density at radius 3 is 2.57 bits per heavy atom. The van der Waals surface area contributed by atoms with Gasteiger partial charge in [-0.2, -0.15) is 0 Å². The number of hydrogen-bond acceptors (Lipinski definition) is 5. The van der Waals surface area contributed by atoms with Crippen LogP contribution >= 0.6 is 11.8 Å². The lowest BCUT2D eigenvalue weighted by molar-refractivity contribution is -0.128. The number of nitrogens with one attached hydrogen (secondary N) is 1. The lowest BCUT2D eigenvalue weighted by Crippen LogP contribution is -2.36. The second-order valence-corrected chi connectivity index (χ2v) is 8.32. The number of methoxy groups -OCH3 is 1. The molecule has 0 spiro atoms. The Kier molecular flexibility index (Phi) is 8.02. The van der Waals surface area contributed by atoms with E-state index in [1.54, 1.807) is 7.11 Å². The van der Waals surface area contributed by atoms with Crippen molar-refractivity contribution in [1.29, 1.82) is 0 Å². The van der Waals surface area contributed by atoms with E-state index in [-0.39, 0.29) is 17.6 Å². The van der Waals surface area contributed by atoms with Gasteiger partial charge in [0.15, 0.2) is 0 Å². The number of nitrogens with zero attached hydrogens (tertiary/aromatic N) is 2. The summed E-state index contributed by atoms with van der Waals surface area (Å²) in [5.41, 5.74) is 3.03. The van der Waals surface area contributed by atoms with Gasteiger partial charge in [0.25, 0.3) is 0 Å². The van der Waals surface area contributed by atoms with E-state index in [4.69, 9.17) is 4.74 Å². The molecule has 1 aliphatic heterocycles. The first-order valence-electron chi connectivity index (χ1n) is 10.2. The topological polar surface area (TPSA) is 61.9 Å². The summed E-state index contributed by atoms with van der Waals surface area (Å²) in [4.78, 5) is 28.9. The second-order valence-electron chi connectivity index (χ2n) is 7.33. The molecule has 160 valence electrons. The van der Waals surface area contributed by atoms with Gasteiger partial charge >= 0.3 is 0 Å². The number of amides is 2. The van der Waals surface area contributed by atoms with E-state index >= 15 is 0 Å². The van der Waals surface area contributed by atoms with Crippen molar-refractivity contribution in [2.75, 3.05) is 55.0 Å². The molecule has 6 nitrogen and oxygen atoms in total. The van der Waals surface area contributed by atoms with Crippen LogP contribution in [0, 0.1) is 6.92 Å². The average molecular weight is 428 g/mol. The molecule has 1 aliphatic rings. The third kappa shape index (κ3) is 6.42. The average Bonchev–Trinajstić information content (AvgIpc) is 3.00. The molecular formula is C23H29N3O3S. The first kappa shape index (κ1) is 22.0. The summed E-state index contributed by atoms with van der Waals surface area (Å²) in [5.74, 6) is 1.45. The highest BCUT2D eigenvalue weighted by Gasteiger charge is 2.19. The highest BCUT2D eigenvalue weighted by molar-refractivity contribution is 8.00. The van der Waals surface area contributed by atoms with E-state index in [9.17, 15) is 9.59 Å². The lowest BCUT2D eigenvalue weighted by atomic mass is 10.2. The highest BCUT2D eigenvalue weighted by atomic mass is 32.2. The minimum Gasteiger partial charge on any atom is -0.497 e. The van der Waals surface area contributed by atoms with Crippen LogP contribution in [0.15, 0.2) is 48.5 Å². The predicted molar refractivity (Wildman–Crippen MR) is 124 cm³/mol. The van der Waals surface area contributed by atoms with Crippen LogP contribution < -0.4 is 15.0 Å². The minimum absolute atomic E-state index is 0.0834. The van der Waals surface area contributed by atoms with E-state index in [1.165, 1.54) is 11.8 Å². The Hall–Kier alpha value is -2.67. The number of benzene rings is 2. The van der Waals surface area contributed by atoms with Gasteiger partial charge in [0, 0.05) is 37.6 Å². The molecule has 30 heavy (non-hydrogen) atoms. The standard InChI is InChI=1S/C23H29N3O3S/c1-18-5-3-6-19(15-18)24-22(27)16-30-17-23(28)26-12-4-11-25(13-14-26)20-7-9-21(29-2)10-8-20/h3,5-10,15H,4,11-14,16-17H2,1-2H3,(H,24,27). The van der Waals surface area contributed by atoms with Gasteiger partial charge in [-0.05, 0) is 55.3 Å². The molecule has 0 radical (unpaired) electrons. The van der Waals surface area contributed by atoms with E-state index in [0.29, 0.717) is 12.3 Å². The van der Waals surface area contributed by atoms with Crippen LogP contribution in [0.4, 0.5) is 11.4 Å².